The minimum atomic E-state index is -0.149. The Kier molecular flexibility index (Phi) is 6.94. The summed E-state index contributed by atoms with van der Waals surface area (Å²) in [6.07, 6.45) is 2.55. The van der Waals surface area contributed by atoms with Crippen molar-refractivity contribution < 1.29 is 9.47 Å². The Labute approximate surface area is 147 Å². The van der Waals surface area contributed by atoms with Crippen molar-refractivity contribution in [3.63, 3.8) is 0 Å². The summed E-state index contributed by atoms with van der Waals surface area (Å²) in [6, 6.07) is 0. The summed E-state index contributed by atoms with van der Waals surface area (Å²) in [5, 5.41) is 28.3. The fraction of sp³-hybridized carbons (Fsp3) is 0.867. The molecule has 0 fully saturated rings. The zero-order chi connectivity index (χ0) is 18.2. The lowest BCUT2D eigenvalue weighted by Gasteiger charge is -2.20. The lowest BCUT2D eigenvalue weighted by Crippen LogP contribution is -2.22. The third-order valence-electron chi connectivity index (χ3n) is 4.22. The predicted octanol–water partition coefficient (Wildman–Crippen LogP) is 1.17. The number of tetrazole rings is 2. The molecule has 25 heavy (non-hydrogen) atoms. The van der Waals surface area contributed by atoms with E-state index in [4.69, 9.17) is 9.47 Å². The van der Waals surface area contributed by atoms with Gasteiger partial charge in [0.15, 0.2) is 11.6 Å². The molecule has 0 saturated carbocycles. The van der Waals surface area contributed by atoms with Crippen LogP contribution in [0.4, 0.5) is 0 Å². The lowest BCUT2D eigenvalue weighted by atomic mass is 9.89. The Morgan fingerprint density at radius 3 is 1.52 bits per heavy atom. The van der Waals surface area contributed by atoms with Crippen LogP contribution in [0.3, 0.4) is 0 Å². The van der Waals surface area contributed by atoms with Crippen LogP contribution in [0.1, 0.15) is 58.6 Å². The molecule has 2 N–H and O–H groups in total. The van der Waals surface area contributed by atoms with Crippen molar-refractivity contribution in [2.45, 2.75) is 57.8 Å². The molecule has 0 unspecified atom stereocenters. The summed E-state index contributed by atoms with van der Waals surface area (Å²) in [5.41, 5.74) is -0.297. The van der Waals surface area contributed by atoms with Crippen molar-refractivity contribution in [2.24, 2.45) is 0 Å². The summed E-state index contributed by atoms with van der Waals surface area (Å²) in [5.74, 6) is 1.42. The summed E-state index contributed by atoms with van der Waals surface area (Å²) in [7, 11) is 0. The van der Waals surface area contributed by atoms with Gasteiger partial charge in [-0.25, -0.2) is 0 Å². The Morgan fingerprint density at radius 2 is 1.16 bits per heavy atom. The first-order valence-electron chi connectivity index (χ1n) is 8.55. The first-order chi connectivity index (χ1) is 11.9. The van der Waals surface area contributed by atoms with Crippen molar-refractivity contribution >= 4 is 0 Å². The van der Waals surface area contributed by atoms with Crippen molar-refractivity contribution in [1.82, 2.24) is 41.2 Å². The van der Waals surface area contributed by atoms with Crippen LogP contribution < -0.4 is 0 Å². The Hall–Kier alpha value is -1.94. The molecule has 10 heteroatoms. The molecule has 140 valence electrons. The van der Waals surface area contributed by atoms with Gasteiger partial charge < -0.3 is 9.47 Å². The monoisotopic (exact) mass is 352 g/mol. The van der Waals surface area contributed by atoms with Crippen LogP contribution in [0, 0.1) is 0 Å². The molecular weight excluding hydrogens is 324 g/mol. The molecule has 2 aromatic rings. The molecule has 2 heterocycles. The molecule has 0 aliphatic rings. The van der Waals surface area contributed by atoms with E-state index in [1.54, 1.807) is 0 Å². The van der Waals surface area contributed by atoms with Gasteiger partial charge in [-0.15, -0.1) is 20.4 Å². The fourth-order valence-corrected chi connectivity index (χ4v) is 2.24. The van der Waals surface area contributed by atoms with Gasteiger partial charge in [0.1, 0.15) is 0 Å². The van der Waals surface area contributed by atoms with Gasteiger partial charge in [-0.2, -0.15) is 10.4 Å². The van der Waals surface area contributed by atoms with Gasteiger partial charge in [0.25, 0.3) is 0 Å². The number of rotatable bonds is 12. The molecule has 0 saturated heterocycles. The predicted molar refractivity (Wildman–Crippen MR) is 89.9 cm³/mol. The highest BCUT2D eigenvalue weighted by Gasteiger charge is 2.25. The van der Waals surface area contributed by atoms with E-state index in [2.05, 4.69) is 68.9 Å². The van der Waals surface area contributed by atoms with Gasteiger partial charge >= 0.3 is 0 Å². The van der Waals surface area contributed by atoms with Crippen LogP contribution in [-0.4, -0.2) is 67.7 Å². The number of nitrogens with zero attached hydrogens (tertiary/aromatic N) is 6. The largest absolute Gasteiger partial charge is 0.381 e. The molecule has 0 aromatic carbocycles. The van der Waals surface area contributed by atoms with Crippen molar-refractivity contribution in [2.75, 3.05) is 26.4 Å². The number of H-pyrrole nitrogens is 2. The molecule has 0 atom stereocenters. The highest BCUT2D eigenvalue weighted by Crippen LogP contribution is 2.23. The van der Waals surface area contributed by atoms with E-state index in [1.807, 2.05) is 0 Å². The maximum absolute atomic E-state index is 5.68. The molecule has 0 aliphatic carbocycles. The minimum Gasteiger partial charge on any atom is -0.381 e. The second kappa shape index (κ2) is 8.95. The normalized spacial score (nSPS) is 12.6. The van der Waals surface area contributed by atoms with Gasteiger partial charge in [-0.05, 0) is 19.3 Å². The van der Waals surface area contributed by atoms with Gasteiger partial charge in [0.2, 0.25) is 0 Å². The Bertz CT molecular complexity index is 530. The Morgan fingerprint density at radius 1 is 0.720 bits per heavy atom. The summed E-state index contributed by atoms with van der Waals surface area (Å²) < 4.78 is 11.4. The van der Waals surface area contributed by atoms with Crippen LogP contribution in [-0.2, 0) is 20.3 Å². The molecule has 0 amide bonds. The fourth-order valence-electron chi connectivity index (χ4n) is 2.24. The smallest absolute Gasteiger partial charge is 0.180 e. The van der Waals surface area contributed by atoms with Gasteiger partial charge in [0, 0.05) is 37.3 Å². The topological polar surface area (TPSA) is 127 Å². The maximum Gasteiger partial charge on any atom is 0.180 e. The van der Waals surface area contributed by atoms with E-state index in [1.165, 1.54) is 0 Å². The molecule has 0 spiro atoms. The quantitative estimate of drug-likeness (QED) is 0.545. The van der Waals surface area contributed by atoms with Crippen molar-refractivity contribution in [1.29, 1.82) is 0 Å². The van der Waals surface area contributed by atoms with Crippen LogP contribution in [0.15, 0.2) is 0 Å². The second-order valence-corrected chi connectivity index (χ2v) is 7.32. The van der Waals surface area contributed by atoms with Crippen LogP contribution >= 0.6 is 0 Å². The highest BCUT2D eigenvalue weighted by molar-refractivity contribution is 4.99. The first kappa shape index (κ1) is 19.4. The highest BCUT2D eigenvalue weighted by atomic mass is 16.5. The van der Waals surface area contributed by atoms with E-state index < -0.39 is 0 Å². The zero-order valence-electron chi connectivity index (χ0n) is 15.4. The SMILES string of the molecule is CC(C)(CCOCCCOCCC(C)(C)c1nn[nH]n1)c1nn[nH]n1. The zero-order valence-corrected chi connectivity index (χ0v) is 15.4. The standard InChI is InChI=1S/C15H28N8O2/c1-14(2,12-16-20-21-17-12)6-10-24-8-5-9-25-11-7-15(3,4)13-18-22-23-19-13/h5-11H2,1-4H3,(H,16,17,20,21)(H,18,19,22,23). The van der Waals surface area contributed by atoms with Gasteiger partial charge in [-0.3, -0.25) is 0 Å². The number of nitrogens with one attached hydrogen (secondary N) is 2. The molecular formula is C15H28N8O2. The molecule has 0 aliphatic heterocycles. The van der Waals surface area contributed by atoms with E-state index in [-0.39, 0.29) is 10.8 Å². The molecule has 2 aromatic heterocycles. The number of aromatic amines is 2. The third-order valence-corrected chi connectivity index (χ3v) is 4.22. The molecule has 0 radical (unpaired) electrons. The average Bonchev–Trinajstić information content (AvgIpc) is 3.26. The van der Waals surface area contributed by atoms with Crippen LogP contribution in [0.25, 0.3) is 0 Å². The number of hydrogen-bond donors (Lipinski definition) is 2. The second-order valence-electron chi connectivity index (χ2n) is 7.32. The van der Waals surface area contributed by atoms with Crippen molar-refractivity contribution in [3.05, 3.63) is 11.6 Å². The number of ether oxygens (including phenoxy) is 2. The lowest BCUT2D eigenvalue weighted by molar-refractivity contribution is 0.0700. The third kappa shape index (κ3) is 6.13. The maximum atomic E-state index is 5.68. The van der Waals surface area contributed by atoms with Crippen LogP contribution in [0.2, 0.25) is 0 Å². The Balaban J connectivity index is 1.49. The summed E-state index contributed by atoms with van der Waals surface area (Å²) in [4.78, 5) is 0. The van der Waals surface area contributed by atoms with Gasteiger partial charge in [-0.1, -0.05) is 38.1 Å². The first-order valence-corrected chi connectivity index (χ1v) is 8.55. The number of hydrogen-bond acceptors (Lipinski definition) is 8. The molecule has 2 rings (SSSR count). The summed E-state index contributed by atoms with van der Waals surface area (Å²) in [6.45, 7) is 11.0. The van der Waals surface area contributed by atoms with Crippen LogP contribution in [0.5, 0.6) is 0 Å². The number of aromatic nitrogens is 8. The van der Waals surface area contributed by atoms with E-state index in [0.717, 1.165) is 19.3 Å². The van der Waals surface area contributed by atoms with E-state index in [9.17, 15) is 0 Å². The summed E-state index contributed by atoms with van der Waals surface area (Å²) >= 11 is 0. The average molecular weight is 352 g/mol. The van der Waals surface area contributed by atoms with E-state index in [0.29, 0.717) is 38.1 Å². The van der Waals surface area contributed by atoms with E-state index >= 15 is 0 Å². The molecule has 0 bridgehead atoms. The minimum absolute atomic E-state index is 0.149. The molecule has 10 nitrogen and oxygen atoms in total. The van der Waals surface area contributed by atoms with Crippen molar-refractivity contribution in [3.8, 4) is 0 Å². The van der Waals surface area contributed by atoms with Gasteiger partial charge in [0.05, 0.1) is 0 Å².